The van der Waals surface area contributed by atoms with E-state index in [0.717, 1.165) is 0 Å². The monoisotopic (exact) mass is 566 g/mol. The fraction of sp³-hybridized carbons (Fsp3) is 0.600. The number of hydrogen-bond donors (Lipinski definition) is 0. The van der Waals surface area contributed by atoms with Crippen molar-refractivity contribution in [2.75, 3.05) is 0 Å². The van der Waals surface area contributed by atoms with Crippen LogP contribution < -0.4 is 8.92 Å². The second-order valence-corrected chi connectivity index (χ2v) is 17.2. The minimum atomic E-state index is 0.494. The van der Waals surface area contributed by atoms with Crippen LogP contribution in [0.4, 0.5) is 0 Å². The Morgan fingerprint density at radius 2 is 0.594 bits per heavy atom. The third kappa shape index (κ3) is 6.54. The van der Waals surface area contributed by atoms with E-state index in [0.29, 0.717) is 61.8 Å². The molecule has 0 heterocycles. The topological polar surface area (TPSA) is 0 Å². The standard InChI is InChI=1S/C30H46Se2/c1-17(2)23-13-25(19(5)6)29(26(14-23)20(7)8)31-32-30-27(21(9)10)15-24(18(3)4)16-28(30)22(11)12/h13-22H,1-12H3. The van der Waals surface area contributed by atoms with Crippen molar-refractivity contribution in [2.24, 2.45) is 0 Å². The van der Waals surface area contributed by atoms with Crippen molar-refractivity contribution in [3.8, 4) is 0 Å². The van der Waals surface area contributed by atoms with Crippen LogP contribution in [0.1, 0.15) is 152 Å². The van der Waals surface area contributed by atoms with Gasteiger partial charge in [0.05, 0.1) is 0 Å². The van der Waals surface area contributed by atoms with Crippen LogP contribution in [-0.4, -0.2) is 26.3 Å². The molecule has 0 aliphatic heterocycles. The Bertz CT molecular complexity index is 768. The van der Waals surface area contributed by atoms with E-state index in [9.17, 15) is 0 Å². The van der Waals surface area contributed by atoms with Crippen LogP contribution in [0.2, 0.25) is 0 Å². The van der Waals surface area contributed by atoms with Crippen molar-refractivity contribution in [1.82, 2.24) is 0 Å². The average Bonchev–Trinajstić information content (AvgIpc) is 2.70. The molecular formula is C30H46Se2. The first kappa shape index (κ1) is 27.7. The van der Waals surface area contributed by atoms with Crippen molar-refractivity contribution in [3.05, 3.63) is 57.6 Å². The van der Waals surface area contributed by atoms with Crippen LogP contribution in [-0.2, 0) is 0 Å². The Kier molecular flexibility index (Phi) is 10.2. The molecule has 2 heteroatoms. The first-order chi connectivity index (χ1) is 14.8. The summed E-state index contributed by atoms with van der Waals surface area (Å²) in [5.41, 5.74) is 9.46. The summed E-state index contributed by atoms with van der Waals surface area (Å²) in [7, 11) is 0. The fourth-order valence-electron chi connectivity index (χ4n) is 4.05. The van der Waals surface area contributed by atoms with Crippen LogP contribution in [0.25, 0.3) is 0 Å². The zero-order valence-corrected chi connectivity index (χ0v) is 26.0. The molecule has 0 atom stereocenters. The van der Waals surface area contributed by atoms with E-state index in [1.165, 1.54) is 11.1 Å². The summed E-state index contributed by atoms with van der Waals surface area (Å²) < 4.78 is 3.40. The Balaban J connectivity index is 2.63. The van der Waals surface area contributed by atoms with Gasteiger partial charge in [0, 0.05) is 0 Å². The molecule has 0 bridgehead atoms. The molecule has 0 aliphatic carbocycles. The summed E-state index contributed by atoms with van der Waals surface area (Å²) in [5.74, 6) is 3.49. The van der Waals surface area contributed by atoms with E-state index in [4.69, 9.17) is 0 Å². The molecule has 0 aliphatic rings. The van der Waals surface area contributed by atoms with Gasteiger partial charge in [0.25, 0.3) is 0 Å². The first-order valence-electron chi connectivity index (χ1n) is 12.5. The van der Waals surface area contributed by atoms with Crippen molar-refractivity contribution < 1.29 is 0 Å². The molecule has 0 radical (unpaired) electrons. The summed E-state index contributed by atoms with van der Waals surface area (Å²) in [5, 5.41) is 0. The van der Waals surface area contributed by atoms with Crippen LogP contribution in [0.5, 0.6) is 0 Å². The van der Waals surface area contributed by atoms with Gasteiger partial charge in [-0.15, -0.1) is 0 Å². The van der Waals surface area contributed by atoms with Gasteiger partial charge in [-0.05, 0) is 0 Å². The summed E-state index contributed by atoms with van der Waals surface area (Å²) in [6.45, 7) is 28.4. The second kappa shape index (κ2) is 11.7. The van der Waals surface area contributed by atoms with Gasteiger partial charge in [-0.3, -0.25) is 0 Å². The Morgan fingerprint density at radius 3 is 0.750 bits per heavy atom. The molecule has 0 spiro atoms. The van der Waals surface area contributed by atoms with E-state index < -0.39 is 0 Å². The van der Waals surface area contributed by atoms with Crippen LogP contribution >= 0.6 is 0 Å². The fourth-order valence-corrected chi connectivity index (χ4v) is 13.7. The van der Waals surface area contributed by atoms with Gasteiger partial charge in [-0.25, -0.2) is 0 Å². The van der Waals surface area contributed by atoms with Gasteiger partial charge >= 0.3 is 211 Å². The zero-order chi connectivity index (χ0) is 24.3. The van der Waals surface area contributed by atoms with Crippen molar-refractivity contribution in [3.63, 3.8) is 0 Å². The van der Waals surface area contributed by atoms with Crippen LogP contribution in [0, 0.1) is 0 Å². The predicted octanol–water partition coefficient (Wildman–Crippen LogP) is 7.70. The van der Waals surface area contributed by atoms with E-state index >= 15 is 0 Å². The quantitative estimate of drug-likeness (QED) is 0.274. The molecule has 32 heavy (non-hydrogen) atoms. The average molecular weight is 565 g/mol. The second-order valence-electron chi connectivity index (χ2n) is 11.2. The summed E-state index contributed by atoms with van der Waals surface area (Å²) in [6.07, 6.45) is 0. The van der Waals surface area contributed by atoms with E-state index in [-0.39, 0.29) is 0 Å². The Hall–Kier alpha value is -0.521. The molecule has 2 rings (SSSR count). The van der Waals surface area contributed by atoms with Crippen molar-refractivity contribution >= 4 is 35.2 Å². The molecule has 2 aromatic rings. The minimum absolute atomic E-state index is 0.494. The molecule has 0 unspecified atom stereocenters. The van der Waals surface area contributed by atoms with Gasteiger partial charge in [0.2, 0.25) is 0 Å². The van der Waals surface area contributed by atoms with Crippen LogP contribution in [0.3, 0.4) is 0 Å². The van der Waals surface area contributed by atoms with Gasteiger partial charge in [-0.1, -0.05) is 0 Å². The predicted molar refractivity (Wildman–Crippen MR) is 148 cm³/mol. The van der Waals surface area contributed by atoms with Gasteiger partial charge in [0.15, 0.2) is 0 Å². The molecule has 0 saturated heterocycles. The first-order valence-corrected chi connectivity index (χ1v) is 18.6. The number of rotatable bonds is 9. The van der Waals surface area contributed by atoms with Crippen molar-refractivity contribution in [1.29, 1.82) is 0 Å². The van der Waals surface area contributed by atoms with Gasteiger partial charge in [-0.2, -0.15) is 0 Å². The molecule has 0 nitrogen and oxygen atoms in total. The molecule has 0 amide bonds. The third-order valence-corrected chi connectivity index (χ3v) is 13.8. The summed E-state index contributed by atoms with van der Waals surface area (Å²) in [4.78, 5) is 0. The number of hydrogen-bond acceptors (Lipinski definition) is 0. The van der Waals surface area contributed by atoms with E-state index in [1.54, 1.807) is 31.2 Å². The van der Waals surface area contributed by atoms with E-state index in [1.807, 2.05) is 0 Å². The normalized spacial score (nSPS) is 12.4. The summed E-state index contributed by atoms with van der Waals surface area (Å²) in [6, 6.07) is 10.1. The molecule has 0 fully saturated rings. The molecule has 0 N–H and O–H groups in total. The Labute approximate surface area is 210 Å². The molecule has 0 saturated carbocycles. The van der Waals surface area contributed by atoms with E-state index in [2.05, 4.69) is 107 Å². The molecule has 178 valence electrons. The summed E-state index contributed by atoms with van der Waals surface area (Å²) >= 11 is 0.989. The molecule has 0 aromatic heterocycles. The zero-order valence-electron chi connectivity index (χ0n) is 22.6. The number of benzene rings is 2. The van der Waals surface area contributed by atoms with Gasteiger partial charge in [0.1, 0.15) is 0 Å². The Morgan fingerprint density at radius 1 is 0.375 bits per heavy atom. The molecule has 2 aromatic carbocycles. The van der Waals surface area contributed by atoms with Gasteiger partial charge < -0.3 is 0 Å². The maximum absolute atomic E-state index is 2.53. The van der Waals surface area contributed by atoms with Crippen LogP contribution in [0.15, 0.2) is 24.3 Å². The third-order valence-electron chi connectivity index (χ3n) is 6.37. The molecular weight excluding hydrogens is 518 g/mol. The van der Waals surface area contributed by atoms with Crippen molar-refractivity contribution in [2.45, 2.75) is 119 Å². The maximum atomic E-state index is 2.53. The SMILES string of the molecule is CC(C)c1cc(C(C)C)c([Se][Se]c2c(C(C)C)cc(C(C)C)cc2C(C)C)c(C(C)C)c1.